The highest BCUT2D eigenvalue weighted by molar-refractivity contribution is 5.78. The lowest BCUT2D eigenvalue weighted by Gasteiger charge is -2.45. The number of hydrogen-bond donors (Lipinski definition) is 0. The number of methoxy groups -OCH3 is 1. The number of hydrogen-bond acceptors (Lipinski definition) is 3. The molecule has 1 heterocycles. The van der Waals surface area contributed by atoms with Crippen LogP contribution in [0.15, 0.2) is 0 Å². The average Bonchev–Trinajstić information content (AvgIpc) is 2.00. The highest BCUT2D eigenvalue weighted by Gasteiger charge is 2.45. The average molecular weight is 171 g/mol. The molecule has 0 saturated carbocycles. The van der Waals surface area contributed by atoms with Crippen LogP contribution in [0.2, 0.25) is 0 Å². The maximum absolute atomic E-state index is 11.2. The first-order valence-electron chi connectivity index (χ1n) is 4.43. The fraction of sp³-hybridized carbons (Fsp3) is 0.889. The Balaban J connectivity index is 2.34. The van der Waals surface area contributed by atoms with Crippen LogP contribution in [-0.2, 0) is 9.53 Å². The van der Waals surface area contributed by atoms with Crippen molar-refractivity contribution in [3.63, 3.8) is 0 Å². The van der Waals surface area contributed by atoms with Crippen LogP contribution in [0.5, 0.6) is 0 Å². The Labute approximate surface area is 73.7 Å². The Morgan fingerprint density at radius 2 is 2.17 bits per heavy atom. The molecule has 12 heavy (non-hydrogen) atoms. The molecule has 1 aliphatic heterocycles. The van der Waals surface area contributed by atoms with E-state index in [0.29, 0.717) is 0 Å². The second kappa shape index (κ2) is 3.44. The normalized spacial score (nSPS) is 21.6. The van der Waals surface area contributed by atoms with Crippen LogP contribution in [0, 0.1) is 5.41 Å². The van der Waals surface area contributed by atoms with Crippen molar-refractivity contribution in [3.8, 4) is 0 Å². The van der Waals surface area contributed by atoms with E-state index in [0.717, 1.165) is 26.1 Å². The Morgan fingerprint density at radius 1 is 1.58 bits per heavy atom. The van der Waals surface area contributed by atoms with Gasteiger partial charge in [0.25, 0.3) is 0 Å². The molecule has 70 valence electrons. The van der Waals surface area contributed by atoms with E-state index in [-0.39, 0.29) is 11.4 Å². The van der Waals surface area contributed by atoms with Gasteiger partial charge in [0.2, 0.25) is 0 Å². The largest absolute Gasteiger partial charge is 0.469 e. The van der Waals surface area contributed by atoms with E-state index in [2.05, 4.69) is 11.8 Å². The summed E-state index contributed by atoms with van der Waals surface area (Å²) in [7, 11) is 1.45. The van der Waals surface area contributed by atoms with E-state index in [9.17, 15) is 4.79 Å². The highest BCUT2D eigenvalue weighted by atomic mass is 16.5. The topological polar surface area (TPSA) is 29.5 Å². The van der Waals surface area contributed by atoms with Gasteiger partial charge in [-0.15, -0.1) is 0 Å². The van der Waals surface area contributed by atoms with Gasteiger partial charge in [-0.05, 0) is 19.9 Å². The number of esters is 1. The van der Waals surface area contributed by atoms with E-state index in [1.54, 1.807) is 0 Å². The summed E-state index contributed by atoms with van der Waals surface area (Å²) in [5.74, 6) is -0.0742. The highest BCUT2D eigenvalue weighted by Crippen LogP contribution is 2.30. The van der Waals surface area contributed by atoms with E-state index >= 15 is 0 Å². The zero-order valence-electron chi connectivity index (χ0n) is 8.09. The summed E-state index contributed by atoms with van der Waals surface area (Å²) in [5, 5.41) is 0. The lowest BCUT2D eigenvalue weighted by atomic mass is 9.82. The first-order chi connectivity index (χ1) is 5.62. The molecule has 0 aromatic heterocycles. The van der Waals surface area contributed by atoms with E-state index < -0.39 is 0 Å². The van der Waals surface area contributed by atoms with Gasteiger partial charge in [-0.25, -0.2) is 0 Å². The summed E-state index contributed by atoms with van der Waals surface area (Å²) in [6.07, 6.45) is 1.15. The van der Waals surface area contributed by atoms with E-state index in [1.165, 1.54) is 7.11 Å². The molecule has 3 heteroatoms. The predicted octanol–water partition coefficient (Wildman–Crippen LogP) is 0.891. The van der Waals surface area contributed by atoms with Gasteiger partial charge in [0.1, 0.15) is 0 Å². The number of carbonyl (C=O) groups is 1. The maximum Gasteiger partial charge on any atom is 0.314 e. The molecule has 1 rings (SSSR count). The van der Waals surface area contributed by atoms with Crippen molar-refractivity contribution in [2.24, 2.45) is 5.41 Å². The first kappa shape index (κ1) is 9.52. The molecule has 0 bridgehead atoms. The molecule has 0 amide bonds. The Kier molecular flexibility index (Phi) is 2.73. The molecule has 0 radical (unpaired) electrons. The first-order valence-corrected chi connectivity index (χ1v) is 4.43. The Morgan fingerprint density at radius 3 is 2.58 bits per heavy atom. The van der Waals surface area contributed by atoms with Gasteiger partial charge in [-0.3, -0.25) is 4.79 Å². The maximum atomic E-state index is 11.2. The lowest BCUT2D eigenvalue weighted by Crippen LogP contribution is -2.59. The summed E-state index contributed by atoms with van der Waals surface area (Å²) in [6, 6.07) is 0. The molecule has 0 unspecified atom stereocenters. The van der Waals surface area contributed by atoms with E-state index in [1.807, 2.05) is 6.92 Å². The van der Waals surface area contributed by atoms with Crippen molar-refractivity contribution in [2.45, 2.75) is 20.3 Å². The molecule has 0 aromatic rings. The third-order valence-corrected chi connectivity index (χ3v) is 2.36. The van der Waals surface area contributed by atoms with Crippen molar-refractivity contribution in [2.75, 3.05) is 26.7 Å². The zero-order chi connectivity index (χ0) is 9.19. The predicted molar refractivity (Wildman–Crippen MR) is 46.9 cm³/mol. The Hall–Kier alpha value is -0.570. The monoisotopic (exact) mass is 171 g/mol. The molecule has 0 N–H and O–H groups in total. The molecule has 0 spiro atoms. The molecule has 1 aliphatic rings. The number of nitrogens with zero attached hydrogens (tertiary/aromatic N) is 1. The molecule has 3 nitrogen and oxygen atoms in total. The molecular weight excluding hydrogens is 154 g/mol. The minimum absolute atomic E-state index is 0.0742. The number of ether oxygens (including phenoxy) is 1. The van der Waals surface area contributed by atoms with Crippen LogP contribution in [-0.4, -0.2) is 37.6 Å². The minimum atomic E-state index is -0.232. The second-order valence-corrected chi connectivity index (χ2v) is 3.76. The lowest BCUT2D eigenvalue weighted by molar-refractivity contribution is -0.162. The van der Waals surface area contributed by atoms with Crippen molar-refractivity contribution in [3.05, 3.63) is 0 Å². The number of likely N-dealkylation sites (tertiary alicyclic amines) is 1. The van der Waals surface area contributed by atoms with Gasteiger partial charge in [0, 0.05) is 13.1 Å². The van der Waals surface area contributed by atoms with Gasteiger partial charge < -0.3 is 9.64 Å². The van der Waals surface area contributed by atoms with Crippen LogP contribution >= 0.6 is 0 Å². The fourth-order valence-corrected chi connectivity index (χ4v) is 1.79. The standard InChI is InChI=1S/C9H17NO2/c1-4-5-10-6-9(2,7-10)8(11)12-3/h4-7H2,1-3H3. The second-order valence-electron chi connectivity index (χ2n) is 3.76. The van der Waals surface area contributed by atoms with Crippen molar-refractivity contribution < 1.29 is 9.53 Å². The quantitative estimate of drug-likeness (QED) is 0.591. The van der Waals surface area contributed by atoms with Crippen LogP contribution in [0.1, 0.15) is 20.3 Å². The summed E-state index contributed by atoms with van der Waals surface area (Å²) >= 11 is 0. The van der Waals surface area contributed by atoms with Gasteiger partial charge in [-0.2, -0.15) is 0 Å². The van der Waals surface area contributed by atoms with Crippen molar-refractivity contribution >= 4 is 5.97 Å². The molecule has 0 aromatic carbocycles. The van der Waals surface area contributed by atoms with E-state index in [4.69, 9.17) is 4.74 Å². The van der Waals surface area contributed by atoms with Gasteiger partial charge >= 0.3 is 5.97 Å². The van der Waals surface area contributed by atoms with Crippen molar-refractivity contribution in [1.82, 2.24) is 4.90 Å². The smallest absolute Gasteiger partial charge is 0.314 e. The van der Waals surface area contributed by atoms with Gasteiger partial charge in [0.15, 0.2) is 0 Å². The fourth-order valence-electron chi connectivity index (χ4n) is 1.79. The third-order valence-electron chi connectivity index (χ3n) is 2.36. The molecule has 1 fully saturated rings. The third kappa shape index (κ3) is 1.61. The molecule has 0 aliphatic carbocycles. The zero-order valence-corrected chi connectivity index (χ0v) is 8.09. The number of carbonyl (C=O) groups excluding carboxylic acids is 1. The SMILES string of the molecule is CCCN1CC(C)(C(=O)OC)C1. The Bertz CT molecular complexity index is 173. The molecule has 1 saturated heterocycles. The molecule has 0 atom stereocenters. The van der Waals surface area contributed by atoms with Crippen molar-refractivity contribution in [1.29, 1.82) is 0 Å². The van der Waals surface area contributed by atoms with Crippen LogP contribution < -0.4 is 0 Å². The van der Waals surface area contributed by atoms with Gasteiger partial charge in [-0.1, -0.05) is 6.92 Å². The van der Waals surface area contributed by atoms with Gasteiger partial charge in [0.05, 0.1) is 12.5 Å². The summed E-state index contributed by atoms with van der Waals surface area (Å²) in [6.45, 7) is 6.91. The summed E-state index contributed by atoms with van der Waals surface area (Å²) in [5.41, 5.74) is -0.232. The molecular formula is C9H17NO2. The van der Waals surface area contributed by atoms with Crippen LogP contribution in [0.3, 0.4) is 0 Å². The number of rotatable bonds is 3. The van der Waals surface area contributed by atoms with Crippen LogP contribution in [0.4, 0.5) is 0 Å². The summed E-state index contributed by atoms with van der Waals surface area (Å²) in [4.78, 5) is 13.5. The van der Waals surface area contributed by atoms with Crippen LogP contribution in [0.25, 0.3) is 0 Å². The summed E-state index contributed by atoms with van der Waals surface area (Å²) < 4.78 is 4.72. The minimum Gasteiger partial charge on any atom is -0.469 e.